The summed E-state index contributed by atoms with van der Waals surface area (Å²) in [6, 6.07) is 16.7. The van der Waals surface area contributed by atoms with Crippen LogP contribution in [0.15, 0.2) is 53.9 Å². The number of amides is 1. The number of thiophene rings is 1. The van der Waals surface area contributed by atoms with Crippen molar-refractivity contribution in [2.45, 2.75) is 26.4 Å². The number of aromatic nitrogens is 2. The molecule has 1 saturated heterocycles. The predicted molar refractivity (Wildman–Crippen MR) is 145 cm³/mol. The van der Waals surface area contributed by atoms with Crippen LogP contribution in [0.5, 0.6) is 0 Å². The average Bonchev–Trinajstić information content (AvgIpc) is 3.59. The Balaban J connectivity index is 1.14. The van der Waals surface area contributed by atoms with Crippen molar-refractivity contribution in [1.82, 2.24) is 25.3 Å². The van der Waals surface area contributed by atoms with Crippen LogP contribution in [0, 0.1) is 6.92 Å². The lowest BCUT2D eigenvalue weighted by Crippen LogP contribution is -2.43. The normalized spacial score (nSPS) is 15.6. The molecule has 0 saturated carbocycles. The van der Waals surface area contributed by atoms with Crippen molar-refractivity contribution in [1.29, 1.82) is 0 Å². The molecular formula is C29H31N5OS. The first-order valence-electron chi connectivity index (χ1n) is 12.6. The number of rotatable bonds is 6. The maximum absolute atomic E-state index is 12.6. The summed E-state index contributed by atoms with van der Waals surface area (Å²) in [7, 11) is 2.20. The average molecular weight is 498 g/mol. The Morgan fingerprint density at radius 1 is 1.11 bits per heavy atom. The largest absolute Gasteiger partial charge is 0.347 e. The number of fused-ring (bicyclic) bond motifs is 3. The van der Waals surface area contributed by atoms with Crippen LogP contribution in [0.3, 0.4) is 0 Å². The van der Waals surface area contributed by atoms with Gasteiger partial charge in [0.25, 0.3) is 5.91 Å². The Kier molecular flexibility index (Phi) is 6.21. The smallest absolute Gasteiger partial charge is 0.251 e. The first-order valence-corrected chi connectivity index (χ1v) is 13.4. The van der Waals surface area contributed by atoms with Gasteiger partial charge in [0.2, 0.25) is 0 Å². The van der Waals surface area contributed by atoms with Crippen LogP contribution in [0.2, 0.25) is 0 Å². The van der Waals surface area contributed by atoms with E-state index in [0.29, 0.717) is 6.54 Å². The van der Waals surface area contributed by atoms with Crippen molar-refractivity contribution in [2.75, 3.05) is 33.2 Å². The van der Waals surface area contributed by atoms with E-state index in [9.17, 15) is 4.79 Å². The van der Waals surface area contributed by atoms with Crippen LogP contribution in [0.4, 0.5) is 0 Å². The SMILES string of the molecule is Cc1ccccc1C(=O)NCc1cc(-c2n[nH]c3c2Cc2cc(CN4CCN(C)CC4)ccc2-3)cs1. The number of carbonyl (C=O) groups excluding carboxylic acids is 1. The van der Waals surface area contributed by atoms with Gasteiger partial charge < -0.3 is 10.2 Å². The number of nitrogens with zero attached hydrogens (tertiary/aromatic N) is 3. The molecule has 1 aliphatic heterocycles. The summed E-state index contributed by atoms with van der Waals surface area (Å²) < 4.78 is 0. The first-order chi connectivity index (χ1) is 17.5. The van der Waals surface area contributed by atoms with Gasteiger partial charge in [0.15, 0.2) is 0 Å². The molecule has 1 fully saturated rings. The van der Waals surface area contributed by atoms with E-state index in [2.05, 4.69) is 62.0 Å². The number of benzene rings is 2. The molecule has 36 heavy (non-hydrogen) atoms. The summed E-state index contributed by atoms with van der Waals surface area (Å²) in [6.45, 7) is 8.04. The molecule has 6 rings (SSSR count). The lowest BCUT2D eigenvalue weighted by molar-refractivity contribution is 0.0950. The molecule has 0 atom stereocenters. The second-order valence-electron chi connectivity index (χ2n) is 9.97. The third-order valence-corrected chi connectivity index (χ3v) is 8.35. The molecule has 0 bridgehead atoms. The lowest BCUT2D eigenvalue weighted by Gasteiger charge is -2.32. The van der Waals surface area contributed by atoms with Gasteiger partial charge >= 0.3 is 0 Å². The molecule has 1 aliphatic carbocycles. The van der Waals surface area contributed by atoms with Gasteiger partial charge in [-0.05, 0) is 42.8 Å². The van der Waals surface area contributed by atoms with Crippen molar-refractivity contribution in [2.24, 2.45) is 0 Å². The fourth-order valence-corrected chi connectivity index (χ4v) is 6.09. The second-order valence-corrected chi connectivity index (χ2v) is 11.0. The van der Waals surface area contributed by atoms with Gasteiger partial charge in [-0.15, -0.1) is 11.3 Å². The molecule has 7 heteroatoms. The Morgan fingerprint density at radius 2 is 1.94 bits per heavy atom. The summed E-state index contributed by atoms with van der Waals surface area (Å²) >= 11 is 1.66. The van der Waals surface area contributed by atoms with Crippen molar-refractivity contribution >= 4 is 17.2 Å². The first kappa shape index (κ1) is 23.2. The van der Waals surface area contributed by atoms with Gasteiger partial charge in [-0.3, -0.25) is 14.8 Å². The molecule has 4 aromatic rings. The molecule has 0 unspecified atom stereocenters. The van der Waals surface area contributed by atoms with E-state index in [4.69, 9.17) is 0 Å². The van der Waals surface area contributed by atoms with E-state index in [1.807, 2.05) is 31.2 Å². The number of hydrogen-bond donors (Lipinski definition) is 2. The highest BCUT2D eigenvalue weighted by Gasteiger charge is 2.26. The summed E-state index contributed by atoms with van der Waals surface area (Å²) in [5.74, 6) is -0.0356. The Hall–Kier alpha value is -3.26. The summed E-state index contributed by atoms with van der Waals surface area (Å²) in [6.07, 6.45) is 0.905. The summed E-state index contributed by atoms with van der Waals surface area (Å²) in [5.41, 5.74) is 10.3. The molecule has 1 amide bonds. The molecule has 3 heterocycles. The fourth-order valence-electron chi connectivity index (χ4n) is 5.28. The number of carbonyl (C=O) groups is 1. The molecule has 184 valence electrons. The Labute approximate surface area is 216 Å². The lowest BCUT2D eigenvalue weighted by atomic mass is 10.0. The molecule has 2 aromatic heterocycles. The number of H-pyrrole nitrogens is 1. The van der Waals surface area contributed by atoms with E-state index in [1.54, 1.807) is 11.3 Å². The molecular weight excluding hydrogens is 466 g/mol. The molecule has 0 spiro atoms. The summed E-state index contributed by atoms with van der Waals surface area (Å²) in [4.78, 5) is 18.7. The number of aromatic amines is 1. The van der Waals surface area contributed by atoms with E-state index >= 15 is 0 Å². The highest BCUT2D eigenvalue weighted by Crippen LogP contribution is 2.41. The van der Waals surface area contributed by atoms with E-state index < -0.39 is 0 Å². The number of aryl methyl sites for hydroxylation is 1. The molecule has 2 N–H and O–H groups in total. The Morgan fingerprint density at radius 3 is 2.78 bits per heavy atom. The third kappa shape index (κ3) is 4.50. The van der Waals surface area contributed by atoms with E-state index in [0.717, 1.165) is 72.1 Å². The topological polar surface area (TPSA) is 64.3 Å². The van der Waals surface area contributed by atoms with Crippen molar-refractivity contribution in [3.05, 3.63) is 86.6 Å². The van der Waals surface area contributed by atoms with Gasteiger partial charge in [0.05, 0.1) is 17.9 Å². The predicted octanol–water partition coefficient (Wildman–Crippen LogP) is 4.70. The highest BCUT2D eigenvalue weighted by atomic mass is 32.1. The zero-order valence-corrected chi connectivity index (χ0v) is 21.6. The van der Waals surface area contributed by atoms with E-state index in [-0.39, 0.29) is 5.91 Å². The number of nitrogens with one attached hydrogen (secondary N) is 2. The van der Waals surface area contributed by atoms with Crippen LogP contribution >= 0.6 is 11.3 Å². The van der Waals surface area contributed by atoms with Gasteiger partial charge in [-0.1, -0.05) is 36.4 Å². The zero-order chi connectivity index (χ0) is 24.6. The maximum atomic E-state index is 12.6. The third-order valence-electron chi connectivity index (χ3n) is 7.42. The van der Waals surface area contributed by atoms with Gasteiger partial charge in [0.1, 0.15) is 0 Å². The highest BCUT2D eigenvalue weighted by molar-refractivity contribution is 7.10. The standard InChI is InChI=1S/C29H31N5OS/c1-19-5-3-4-6-24(19)29(35)30-16-23-14-22(18-36-23)27-26-15-21-13-20(7-8-25(21)28(26)32-31-27)17-34-11-9-33(2)10-12-34/h3-8,13-14,18H,9-12,15-17H2,1-2H3,(H,30,35)(H,31,32). The molecule has 2 aliphatic rings. The zero-order valence-electron chi connectivity index (χ0n) is 20.8. The minimum absolute atomic E-state index is 0.0356. The number of likely N-dealkylation sites (N-methyl/N-ethyl adjacent to an activating group) is 1. The molecule has 6 nitrogen and oxygen atoms in total. The maximum Gasteiger partial charge on any atom is 0.251 e. The van der Waals surface area contributed by atoms with Gasteiger partial charge in [-0.25, -0.2) is 0 Å². The van der Waals surface area contributed by atoms with Gasteiger partial charge in [-0.2, -0.15) is 5.10 Å². The molecule has 0 radical (unpaired) electrons. The van der Waals surface area contributed by atoms with Crippen LogP contribution in [0.25, 0.3) is 22.5 Å². The van der Waals surface area contributed by atoms with Crippen molar-refractivity contribution in [3.8, 4) is 22.5 Å². The van der Waals surface area contributed by atoms with Crippen LogP contribution in [-0.2, 0) is 19.5 Å². The minimum atomic E-state index is -0.0356. The quantitative estimate of drug-likeness (QED) is 0.357. The number of piperazine rings is 1. The van der Waals surface area contributed by atoms with Gasteiger partial charge in [0, 0.05) is 71.7 Å². The van der Waals surface area contributed by atoms with Crippen molar-refractivity contribution < 1.29 is 4.79 Å². The Bertz CT molecular complexity index is 1410. The number of hydrogen-bond acceptors (Lipinski definition) is 5. The monoisotopic (exact) mass is 497 g/mol. The van der Waals surface area contributed by atoms with Crippen LogP contribution in [0.1, 0.15) is 37.5 Å². The molecule has 2 aromatic carbocycles. The fraction of sp³-hybridized carbons (Fsp3) is 0.310. The van der Waals surface area contributed by atoms with E-state index in [1.165, 1.54) is 22.3 Å². The minimum Gasteiger partial charge on any atom is -0.347 e. The summed E-state index contributed by atoms with van der Waals surface area (Å²) in [5, 5.41) is 13.2. The second kappa shape index (κ2) is 9.65. The van der Waals surface area contributed by atoms with Crippen LogP contribution in [-0.4, -0.2) is 59.1 Å². The van der Waals surface area contributed by atoms with Crippen molar-refractivity contribution in [3.63, 3.8) is 0 Å². The van der Waals surface area contributed by atoms with Crippen LogP contribution < -0.4 is 5.32 Å².